The molecule has 1 fully saturated rings. The van der Waals surface area contributed by atoms with E-state index in [1.807, 2.05) is 17.9 Å². The zero-order valence-electron chi connectivity index (χ0n) is 10.4. The highest BCUT2D eigenvalue weighted by atomic mass is 15.2. The molecule has 1 aromatic heterocycles. The van der Waals surface area contributed by atoms with Crippen molar-refractivity contribution in [1.29, 1.82) is 0 Å². The number of nitrogens with two attached hydrogens (primary N) is 1. The normalized spacial score (nSPS) is 29.8. The molecular weight excluding hydrogens is 198 g/mol. The van der Waals surface area contributed by atoms with Gasteiger partial charge in [0.25, 0.3) is 0 Å². The van der Waals surface area contributed by atoms with Gasteiger partial charge in [-0.2, -0.15) is 5.10 Å². The smallest absolute Gasteiger partial charge is 0.0521 e. The van der Waals surface area contributed by atoms with Gasteiger partial charge in [-0.05, 0) is 43.6 Å². The van der Waals surface area contributed by atoms with Crippen LogP contribution >= 0.6 is 0 Å². The second-order valence-electron chi connectivity index (χ2n) is 5.40. The Hall–Kier alpha value is -0.830. The number of aromatic nitrogens is 2. The maximum Gasteiger partial charge on any atom is 0.0521 e. The average molecular weight is 221 g/mol. The Morgan fingerprint density at radius 2 is 2.44 bits per heavy atom. The Kier molecular flexibility index (Phi) is 3.33. The van der Waals surface area contributed by atoms with Gasteiger partial charge in [0.15, 0.2) is 0 Å². The molecule has 0 saturated heterocycles. The lowest BCUT2D eigenvalue weighted by molar-refractivity contribution is 0.382. The van der Waals surface area contributed by atoms with E-state index in [2.05, 4.69) is 18.2 Å². The first kappa shape index (κ1) is 11.6. The van der Waals surface area contributed by atoms with Gasteiger partial charge in [0.2, 0.25) is 0 Å². The molecule has 3 heteroatoms. The zero-order chi connectivity index (χ0) is 11.6. The van der Waals surface area contributed by atoms with Gasteiger partial charge in [0.05, 0.1) is 6.20 Å². The molecule has 0 radical (unpaired) electrons. The van der Waals surface area contributed by atoms with Gasteiger partial charge in [0, 0.05) is 18.8 Å². The maximum absolute atomic E-state index is 6.45. The van der Waals surface area contributed by atoms with E-state index in [0.717, 1.165) is 18.8 Å². The molecule has 3 nitrogen and oxygen atoms in total. The highest BCUT2D eigenvalue weighted by molar-refractivity contribution is 5.06. The summed E-state index contributed by atoms with van der Waals surface area (Å²) < 4.78 is 1.86. The van der Waals surface area contributed by atoms with E-state index in [-0.39, 0.29) is 5.54 Å². The fraction of sp³-hybridized carbons (Fsp3) is 0.769. The van der Waals surface area contributed by atoms with Crippen LogP contribution in [0.4, 0.5) is 0 Å². The van der Waals surface area contributed by atoms with Crippen molar-refractivity contribution < 1.29 is 0 Å². The third kappa shape index (κ3) is 2.64. The van der Waals surface area contributed by atoms with Crippen LogP contribution in [-0.4, -0.2) is 15.3 Å². The van der Waals surface area contributed by atoms with E-state index >= 15 is 0 Å². The first-order valence-electron chi connectivity index (χ1n) is 6.38. The summed E-state index contributed by atoms with van der Waals surface area (Å²) in [4.78, 5) is 0. The molecule has 0 aliphatic heterocycles. The Labute approximate surface area is 98.0 Å². The van der Waals surface area contributed by atoms with Crippen LogP contribution in [0.3, 0.4) is 0 Å². The van der Waals surface area contributed by atoms with E-state index in [4.69, 9.17) is 5.73 Å². The van der Waals surface area contributed by atoms with Crippen molar-refractivity contribution in [2.45, 2.75) is 51.0 Å². The molecule has 2 unspecified atom stereocenters. The van der Waals surface area contributed by atoms with E-state index in [0.29, 0.717) is 0 Å². The van der Waals surface area contributed by atoms with Crippen LogP contribution in [0.2, 0.25) is 0 Å². The topological polar surface area (TPSA) is 43.8 Å². The summed E-state index contributed by atoms with van der Waals surface area (Å²) in [6, 6.07) is 0. The Bertz CT molecular complexity index is 345. The lowest BCUT2D eigenvalue weighted by atomic mass is 9.90. The van der Waals surface area contributed by atoms with Crippen LogP contribution in [-0.2, 0) is 13.5 Å². The second kappa shape index (κ2) is 4.58. The number of hydrogen-bond donors (Lipinski definition) is 1. The van der Waals surface area contributed by atoms with Crippen molar-refractivity contribution in [3.63, 3.8) is 0 Å². The summed E-state index contributed by atoms with van der Waals surface area (Å²) >= 11 is 0. The van der Waals surface area contributed by atoms with E-state index in [1.54, 1.807) is 0 Å². The fourth-order valence-electron chi connectivity index (χ4n) is 2.84. The number of hydrogen-bond acceptors (Lipinski definition) is 2. The molecule has 0 aromatic carbocycles. The first-order valence-corrected chi connectivity index (χ1v) is 6.38. The predicted molar refractivity (Wildman–Crippen MR) is 66.1 cm³/mol. The summed E-state index contributed by atoms with van der Waals surface area (Å²) in [6.45, 7) is 2.28. The van der Waals surface area contributed by atoms with Crippen LogP contribution < -0.4 is 5.73 Å². The van der Waals surface area contributed by atoms with Gasteiger partial charge < -0.3 is 5.73 Å². The molecule has 0 amide bonds. The Balaban J connectivity index is 1.86. The highest BCUT2D eigenvalue weighted by Crippen LogP contribution is 2.37. The van der Waals surface area contributed by atoms with Crippen LogP contribution in [0, 0.1) is 5.92 Å². The molecule has 1 aliphatic carbocycles. The van der Waals surface area contributed by atoms with Crippen LogP contribution in [0.1, 0.15) is 44.6 Å². The predicted octanol–water partition coefficient (Wildman–Crippen LogP) is 2.26. The third-order valence-electron chi connectivity index (χ3n) is 3.99. The molecule has 1 aliphatic rings. The molecule has 2 rings (SSSR count). The molecule has 1 saturated carbocycles. The standard InChI is InChI=1S/C13H23N3/c1-3-11-4-6-13(14,8-11)7-5-12-9-15-16(2)10-12/h9-11H,3-8,14H2,1-2H3. The SMILES string of the molecule is CCC1CCC(N)(CCc2cnn(C)c2)C1. The number of aryl methyl sites for hydroxylation is 2. The van der Waals surface area contributed by atoms with Crippen LogP contribution in [0.5, 0.6) is 0 Å². The Morgan fingerprint density at radius 3 is 3.00 bits per heavy atom. The first-order chi connectivity index (χ1) is 7.61. The fourth-order valence-corrected chi connectivity index (χ4v) is 2.84. The van der Waals surface area contributed by atoms with E-state index in [9.17, 15) is 0 Å². The third-order valence-corrected chi connectivity index (χ3v) is 3.99. The average Bonchev–Trinajstić information content (AvgIpc) is 2.83. The number of rotatable bonds is 4. The molecule has 16 heavy (non-hydrogen) atoms. The van der Waals surface area contributed by atoms with Crippen molar-refractivity contribution in [3.05, 3.63) is 18.0 Å². The van der Waals surface area contributed by atoms with Gasteiger partial charge >= 0.3 is 0 Å². The molecule has 0 bridgehead atoms. The molecule has 1 heterocycles. The summed E-state index contributed by atoms with van der Waals surface area (Å²) in [5.74, 6) is 0.860. The largest absolute Gasteiger partial charge is 0.325 e. The zero-order valence-corrected chi connectivity index (χ0v) is 10.4. The molecule has 1 aromatic rings. The minimum atomic E-state index is 0.0938. The quantitative estimate of drug-likeness (QED) is 0.847. The van der Waals surface area contributed by atoms with Gasteiger partial charge in [0.1, 0.15) is 0 Å². The molecule has 0 spiro atoms. The summed E-state index contributed by atoms with van der Waals surface area (Å²) in [5.41, 5.74) is 7.86. The maximum atomic E-state index is 6.45. The molecule has 2 N–H and O–H groups in total. The van der Waals surface area contributed by atoms with Crippen molar-refractivity contribution in [2.75, 3.05) is 0 Å². The Morgan fingerprint density at radius 1 is 1.62 bits per heavy atom. The van der Waals surface area contributed by atoms with Crippen LogP contribution in [0.15, 0.2) is 12.4 Å². The minimum Gasteiger partial charge on any atom is -0.325 e. The van der Waals surface area contributed by atoms with E-state index in [1.165, 1.54) is 31.2 Å². The molecule has 90 valence electrons. The summed E-state index contributed by atoms with van der Waals surface area (Å²) in [7, 11) is 1.96. The number of nitrogens with zero attached hydrogens (tertiary/aromatic N) is 2. The van der Waals surface area contributed by atoms with Crippen molar-refractivity contribution in [1.82, 2.24) is 9.78 Å². The highest BCUT2D eigenvalue weighted by Gasteiger charge is 2.34. The van der Waals surface area contributed by atoms with Gasteiger partial charge in [-0.25, -0.2) is 0 Å². The second-order valence-corrected chi connectivity index (χ2v) is 5.40. The van der Waals surface area contributed by atoms with Crippen molar-refractivity contribution >= 4 is 0 Å². The van der Waals surface area contributed by atoms with Crippen molar-refractivity contribution in [3.8, 4) is 0 Å². The lowest BCUT2D eigenvalue weighted by Gasteiger charge is -2.23. The van der Waals surface area contributed by atoms with Crippen molar-refractivity contribution in [2.24, 2.45) is 18.7 Å². The molecular formula is C13H23N3. The minimum absolute atomic E-state index is 0.0938. The van der Waals surface area contributed by atoms with Gasteiger partial charge in [-0.3, -0.25) is 4.68 Å². The van der Waals surface area contributed by atoms with Crippen LogP contribution in [0.25, 0.3) is 0 Å². The van der Waals surface area contributed by atoms with Gasteiger partial charge in [-0.1, -0.05) is 13.3 Å². The summed E-state index contributed by atoms with van der Waals surface area (Å²) in [5, 5.41) is 4.19. The molecule has 2 atom stereocenters. The monoisotopic (exact) mass is 221 g/mol. The van der Waals surface area contributed by atoms with Gasteiger partial charge in [-0.15, -0.1) is 0 Å². The lowest BCUT2D eigenvalue weighted by Crippen LogP contribution is -2.37. The van der Waals surface area contributed by atoms with E-state index < -0.39 is 0 Å². The summed E-state index contributed by atoms with van der Waals surface area (Å²) in [6.07, 6.45) is 11.2.